The van der Waals surface area contributed by atoms with Gasteiger partial charge in [0, 0.05) is 22.2 Å². The van der Waals surface area contributed by atoms with Crippen LogP contribution in [0, 0.1) is 11.7 Å². The smallest absolute Gasteiger partial charge is 0.305 e. The second-order valence-corrected chi connectivity index (χ2v) is 5.97. The van der Waals surface area contributed by atoms with Crippen LogP contribution in [0.5, 0.6) is 0 Å². The van der Waals surface area contributed by atoms with E-state index in [1.165, 1.54) is 18.2 Å². The predicted molar refractivity (Wildman–Crippen MR) is 80.0 cm³/mol. The first-order valence-corrected chi connectivity index (χ1v) is 7.40. The highest BCUT2D eigenvalue weighted by atomic mass is 79.9. The lowest BCUT2D eigenvalue weighted by molar-refractivity contribution is -0.137. The summed E-state index contributed by atoms with van der Waals surface area (Å²) in [5.74, 6) is -1.53. The Kier molecular flexibility index (Phi) is 5.12. The number of hydrogen-bond acceptors (Lipinski definition) is 2. The molecule has 1 aromatic carbocycles. The van der Waals surface area contributed by atoms with Gasteiger partial charge in [-0.05, 0) is 43.0 Å². The van der Waals surface area contributed by atoms with Crippen LogP contribution in [0.25, 0.3) is 6.08 Å². The fraction of sp³-hybridized carbons (Fsp3) is 0.333. The Balaban J connectivity index is 1.98. The molecule has 1 atom stereocenters. The van der Waals surface area contributed by atoms with Gasteiger partial charge in [0.05, 0.1) is 6.42 Å². The van der Waals surface area contributed by atoms with E-state index >= 15 is 0 Å². The van der Waals surface area contributed by atoms with Gasteiger partial charge in [0.1, 0.15) is 5.82 Å². The molecule has 1 aliphatic carbocycles. The molecule has 4 nitrogen and oxygen atoms in total. The summed E-state index contributed by atoms with van der Waals surface area (Å²) < 4.78 is 14.2. The maximum atomic E-state index is 13.5. The Bertz CT molecular complexity index is 584. The molecule has 1 saturated carbocycles. The number of carbonyl (C=O) groups excluding carboxylic acids is 1. The molecule has 0 aliphatic heterocycles. The Labute approximate surface area is 130 Å². The number of halogens is 2. The van der Waals surface area contributed by atoms with Crippen LogP contribution in [0.3, 0.4) is 0 Å². The predicted octanol–water partition coefficient (Wildman–Crippen LogP) is 2.97. The molecule has 0 spiro atoms. The molecule has 0 heterocycles. The van der Waals surface area contributed by atoms with Gasteiger partial charge in [-0.3, -0.25) is 9.59 Å². The van der Waals surface area contributed by atoms with E-state index in [2.05, 4.69) is 21.2 Å². The first-order valence-electron chi connectivity index (χ1n) is 6.61. The minimum atomic E-state index is -0.936. The van der Waals surface area contributed by atoms with Crippen LogP contribution in [-0.4, -0.2) is 23.0 Å². The fourth-order valence-corrected chi connectivity index (χ4v) is 2.44. The maximum Gasteiger partial charge on any atom is 0.305 e. The zero-order valence-corrected chi connectivity index (χ0v) is 12.8. The van der Waals surface area contributed by atoms with Crippen molar-refractivity contribution in [3.8, 4) is 0 Å². The maximum absolute atomic E-state index is 13.5. The summed E-state index contributed by atoms with van der Waals surface area (Å²) in [4.78, 5) is 22.6. The third kappa shape index (κ3) is 4.97. The SMILES string of the molecule is O=C(O)CC(NC(=O)/C=C/c1cc(Br)ccc1F)C1CC1. The fourth-order valence-electron chi connectivity index (χ4n) is 2.06. The molecular formula is C15H15BrFNO3. The zero-order valence-electron chi connectivity index (χ0n) is 11.2. The van der Waals surface area contributed by atoms with Crippen molar-refractivity contribution < 1.29 is 19.1 Å². The molecule has 112 valence electrons. The van der Waals surface area contributed by atoms with Crippen LogP contribution in [-0.2, 0) is 9.59 Å². The van der Waals surface area contributed by atoms with Crippen molar-refractivity contribution in [2.45, 2.75) is 25.3 Å². The third-order valence-corrected chi connectivity index (χ3v) is 3.78. The quantitative estimate of drug-likeness (QED) is 0.771. The summed E-state index contributed by atoms with van der Waals surface area (Å²) in [5, 5.41) is 11.5. The number of nitrogens with one attached hydrogen (secondary N) is 1. The molecule has 0 saturated heterocycles. The minimum absolute atomic E-state index is 0.0878. The Morgan fingerprint density at radius 2 is 2.19 bits per heavy atom. The van der Waals surface area contributed by atoms with Gasteiger partial charge in [0.2, 0.25) is 5.91 Å². The first-order chi connectivity index (χ1) is 9.95. The second kappa shape index (κ2) is 6.85. The summed E-state index contributed by atoms with van der Waals surface area (Å²) in [5.41, 5.74) is 0.292. The van der Waals surface area contributed by atoms with Gasteiger partial charge in [-0.2, -0.15) is 0 Å². The number of hydrogen-bond donors (Lipinski definition) is 2. The number of aliphatic carboxylic acids is 1. The number of rotatable bonds is 6. The molecule has 1 aliphatic rings. The molecular weight excluding hydrogens is 341 g/mol. The lowest BCUT2D eigenvalue weighted by Crippen LogP contribution is -2.37. The van der Waals surface area contributed by atoms with Crippen molar-refractivity contribution in [1.82, 2.24) is 5.32 Å². The summed E-state index contributed by atoms with van der Waals surface area (Å²) in [6.45, 7) is 0. The molecule has 21 heavy (non-hydrogen) atoms. The summed E-state index contributed by atoms with van der Waals surface area (Å²) >= 11 is 3.23. The van der Waals surface area contributed by atoms with Crippen LogP contribution in [0.1, 0.15) is 24.8 Å². The van der Waals surface area contributed by atoms with E-state index in [1.54, 1.807) is 12.1 Å². The van der Waals surface area contributed by atoms with E-state index < -0.39 is 17.7 Å². The van der Waals surface area contributed by atoms with Crippen molar-refractivity contribution in [2.24, 2.45) is 5.92 Å². The van der Waals surface area contributed by atoms with Gasteiger partial charge in [-0.25, -0.2) is 4.39 Å². The average Bonchev–Trinajstić information content (AvgIpc) is 3.23. The highest BCUT2D eigenvalue weighted by molar-refractivity contribution is 9.10. The zero-order chi connectivity index (χ0) is 15.4. The van der Waals surface area contributed by atoms with Gasteiger partial charge in [0.15, 0.2) is 0 Å². The monoisotopic (exact) mass is 355 g/mol. The topological polar surface area (TPSA) is 66.4 Å². The van der Waals surface area contributed by atoms with Crippen LogP contribution in [0.15, 0.2) is 28.7 Å². The van der Waals surface area contributed by atoms with E-state index in [-0.39, 0.29) is 18.4 Å². The molecule has 1 fully saturated rings. The summed E-state index contributed by atoms with van der Waals surface area (Å²) in [6, 6.07) is 4.09. The first kappa shape index (κ1) is 15.7. The highest BCUT2D eigenvalue weighted by Crippen LogP contribution is 2.34. The molecule has 1 unspecified atom stereocenters. The molecule has 1 amide bonds. The van der Waals surface area contributed by atoms with Crippen LogP contribution < -0.4 is 5.32 Å². The van der Waals surface area contributed by atoms with E-state index in [0.29, 0.717) is 10.0 Å². The van der Waals surface area contributed by atoms with Gasteiger partial charge in [0.25, 0.3) is 0 Å². The van der Waals surface area contributed by atoms with E-state index in [9.17, 15) is 14.0 Å². The standard InChI is InChI=1S/C15H15BrFNO3/c16-11-4-5-12(17)10(7-11)3-6-14(19)18-13(8-15(20)21)9-1-2-9/h3-7,9,13H,1-2,8H2,(H,18,19)(H,20,21)/b6-3+. The van der Waals surface area contributed by atoms with Gasteiger partial charge in [-0.15, -0.1) is 0 Å². The number of carboxylic acids is 1. The Morgan fingerprint density at radius 1 is 1.48 bits per heavy atom. The van der Waals surface area contributed by atoms with Crippen LogP contribution in [0.2, 0.25) is 0 Å². The van der Waals surface area contributed by atoms with Crippen molar-refractivity contribution in [3.05, 3.63) is 40.1 Å². The van der Waals surface area contributed by atoms with Crippen molar-refractivity contribution in [3.63, 3.8) is 0 Å². The van der Waals surface area contributed by atoms with Gasteiger partial charge >= 0.3 is 5.97 Å². The number of amides is 1. The number of carboxylic acid groups (broad SMARTS) is 1. The Morgan fingerprint density at radius 3 is 2.81 bits per heavy atom. The number of carbonyl (C=O) groups is 2. The number of benzene rings is 1. The van der Waals surface area contributed by atoms with Crippen molar-refractivity contribution >= 4 is 33.9 Å². The Hall–Kier alpha value is -1.69. The van der Waals surface area contributed by atoms with Crippen LogP contribution >= 0.6 is 15.9 Å². The van der Waals surface area contributed by atoms with Crippen LogP contribution in [0.4, 0.5) is 4.39 Å². The molecule has 2 rings (SSSR count). The normalized spacial score (nSPS) is 15.9. The lowest BCUT2D eigenvalue weighted by atomic mass is 10.1. The molecule has 0 bridgehead atoms. The van der Waals surface area contributed by atoms with Gasteiger partial charge < -0.3 is 10.4 Å². The highest BCUT2D eigenvalue weighted by Gasteiger charge is 2.33. The average molecular weight is 356 g/mol. The minimum Gasteiger partial charge on any atom is -0.481 e. The second-order valence-electron chi connectivity index (χ2n) is 5.05. The largest absolute Gasteiger partial charge is 0.481 e. The van der Waals surface area contributed by atoms with E-state index in [0.717, 1.165) is 12.8 Å². The molecule has 2 N–H and O–H groups in total. The van der Waals surface area contributed by atoms with E-state index in [1.807, 2.05) is 0 Å². The molecule has 1 aromatic rings. The summed E-state index contributed by atoms with van der Waals surface area (Å²) in [7, 11) is 0. The van der Waals surface area contributed by atoms with Crippen molar-refractivity contribution in [2.75, 3.05) is 0 Å². The summed E-state index contributed by atoms with van der Waals surface area (Å²) in [6.07, 6.45) is 4.38. The lowest BCUT2D eigenvalue weighted by Gasteiger charge is -2.14. The molecule has 0 radical (unpaired) electrons. The molecule has 6 heteroatoms. The third-order valence-electron chi connectivity index (χ3n) is 3.29. The van der Waals surface area contributed by atoms with Crippen molar-refractivity contribution in [1.29, 1.82) is 0 Å². The molecule has 0 aromatic heterocycles. The van der Waals surface area contributed by atoms with E-state index in [4.69, 9.17) is 5.11 Å². The van der Waals surface area contributed by atoms with Gasteiger partial charge in [-0.1, -0.05) is 15.9 Å².